The number of nitrogens with zero attached hydrogens (tertiary/aromatic N) is 1. The van der Waals surface area contributed by atoms with E-state index in [-0.39, 0.29) is 24.3 Å². The molecule has 2 aromatic heterocycles. The first-order chi connectivity index (χ1) is 10.0. The molecule has 0 aliphatic rings. The Balaban J connectivity index is 2.02. The minimum atomic E-state index is -0.313. The zero-order valence-corrected chi connectivity index (χ0v) is 12.7. The smallest absolute Gasteiger partial charge is 0.227 e. The molecule has 2 aromatic rings. The number of hydrogen-bond acceptors (Lipinski definition) is 4. The standard InChI is InChI=1S/C15H17N3O2S/c1-10-5-3-7-14(16-10)18-15(20)9-12(17-11(2)19)13-6-4-8-21-13/h3-8,12H,9H2,1-2H3,(H,17,19)(H,16,18,20)/t12-/m0/s1. The highest BCUT2D eigenvalue weighted by Gasteiger charge is 2.18. The number of carbonyl (C=O) groups is 2. The number of carbonyl (C=O) groups excluding carboxylic acids is 2. The van der Waals surface area contributed by atoms with E-state index in [0.717, 1.165) is 10.6 Å². The van der Waals surface area contributed by atoms with E-state index in [9.17, 15) is 9.59 Å². The molecule has 1 atom stereocenters. The average Bonchev–Trinajstić information content (AvgIpc) is 2.91. The molecule has 0 saturated carbocycles. The van der Waals surface area contributed by atoms with E-state index in [0.29, 0.717) is 5.82 Å². The number of aryl methyl sites for hydroxylation is 1. The Morgan fingerprint density at radius 3 is 2.71 bits per heavy atom. The molecule has 21 heavy (non-hydrogen) atoms. The number of nitrogens with one attached hydrogen (secondary N) is 2. The molecule has 2 heterocycles. The number of hydrogen-bond donors (Lipinski definition) is 2. The maximum Gasteiger partial charge on any atom is 0.227 e. The summed E-state index contributed by atoms with van der Waals surface area (Å²) in [6, 6.07) is 8.93. The Hall–Kier alpha value is -2.21. The van der Waals surface area contributed by atoms with Gasteiger partial charge >= 0.3 is 0 Å². The van der Waals surface area contributed by atoms with Crippen LogP contribution in [0.2, 0.25) is 0 Å². The van der Waals surface area contributed by atoms with Crippen LogP contribution in [0.15, 0.2) is 35.7 Å². The van der Waals surface area contributed by atoms with Gasteiger partial charge in [0.05, 0.1) is 12.5 Å². The molecule has 0 radical (unpaired) electrons. The average molecular weight is 303 g/mol. The van der Waals surface area contributed by atoms with Gasteiger partial charge in [0, 0.05) is 17.5 Å². The molecular weight excluding hydrogens is 286 g/mol. The van der Waals surface area contributed by atoms with Crippen LogP contribution in [-0.2, 0) is 9.59 Å². The number of aromatic nitrogens is 1. The fourth-order valence-electron chi connectivity index (χ4n) is 1.95. The predicted octanol–water partition coefficient (Wildman–Crippen LogP) is 2.66. The normalized spacial score (nSPS) is 11.7. The highest BCUT2D eigenvalue weighted by molar-refractivity contribution is 7.10. The van der Waals surface area contributed by atoms with E-state index in [4.69, 9.17) is 0 Å². The minimum absolute atomic E-state index is 0.158. The predicted molar refractivity (Wildman–Crippen MR) is 83.1 cm³/mol. The van der Waals surface area contributed by atoms with Crippen LogP contribution >= 0.6 is 11.3 Å². The third-order valence-corrected chi connectivity index (χ3v) is 3.80. The zero-order valence-electron chi connectivity index (χ0n) is 11.9. The van der Waals surface area contributed by atoms with Gasteiger partial charge < -0.3 is 10.6 Å². The summed E-state index contributed by atoms with van der Waals surface area (Å²) >= 11 is 1.51. The lowest BCUT2D eigenvalue weighted by Crippen LogP contribution is -2.29. The van der Waals surface area contributed by atoms with Gasteiger partial charge in [-0.2, -0.15) is 0 Å². The topological polar surface area (TPSA) is 71.1 Å². The van der Waals surface area contributed by atoms with Crippen molar-refractivity contribution in [3.05, 3.63) is 46.3 Å². The highest BCUT2D eigenvalue weighted by atomic mass is 32.1. The lowest BCUT2D eigenvalue weighted by molar-refractivity contribution is -0.120. The summed E-state index contributed by atoms with van der Waals surface area (Å²) in [4.78, 5) is 28.6. The molecule has 0 fully saturated rings. The van der Waals surface area contributed by atoms with Crippen LogP contribution in [0.5, 0.6) is 0 Å². The summed E-state index contributed by atoms with van der Waals surface area (Å²) in [5.41, 5.74) is 0.837. The Morgan fingerprint density at radius 2 is 2.10 bits per heavy atom. The molecule has 0 unspecified atom stereocenters. The van der Waals surface area contributed by atoms with Crippen LogP contribution in [0.25, 0.3) is 0 Å². The van der Waals surface area contributed by atoms with Crippen molar-refractivity contribution in [1.82, 2.24) is 10.3 Å². The monoisotopic (exact) mass is 303 g/mol. The lowest BCUT2D eigenvalue weighted by atomic mass is 10.1. The molecule has 5 nitrogen and oxygen atoms in total. The first-order valence-corrected chi connectivity index (χ1v) is 7.46. The minimum Gasteiger partial charge on any atom is -0.348 e. The summed E-state index contributed by atoms with van der Waals surface area (Å²) in [7, 11) is 0. The quantitative estimate of drug-likeness (QED) is 0.892. The maximum atomic E-state index is 12.1. The molecule has 0 saturated heterocycles. The molecule has 0 aromatic carbocycles. The van der Waals surface area contributed by atoms with Crippen molar-refractivity contribution in [1.29, 1.82) is 0 Å². The summed E-state index contributed by atoms with van der Waals surface area (Å²) in [6.45, 7) is 3.31. The Bertz CT molecular complexity index is 626. The van der Waals surface area contributed by atoms with E-state index >= 15 is 0 Å². The van der Waals surface area contributed by atoms with Crippen LogP contribution in [0.3, 0.4) is 0 Å². The van der Waals surface area contributed by atoms with Gasteiger partial charge in [0.2, 0.25) is 11.8 Å². The van der Waals surface area contributed by atoms with Crippen molar-refractivity contribution >= 4 is 29.0 Å². The van der Waals surface area contributed by atoms with Gasteiger partial charge in [-0.1, -0.05) is 12.1 Å². The van der Waals surface area contributed by atoms with Gasteiger partial charge in [0.1, 0.15) is 5.82 Å². The fraction of sp³-hybridized carbons (Fsp3) is 0.267. The summed E-state index contributed by atoms with van der Waals surface area (Å²) < 4.78 is 0. The second kappa shape index (κ2) is 6.99. The van der Waals surface area contributed by atoms with Gasteiger partial charge in [-0.15, -0.1) is 11.3 Å². The molecule has 2 rings (SSSR count). The third-order valence-electron chi connectivity index (χ3n) is 2.81. The van der Waals surface area contributed by atoms with Crippen molar-refractivity contribution in [3.8, 4) is 0 Å². The zero-order chi connectivity index (χ0) is 15.2. The van der Waals surface area contributed by atoms with Crippen molar-refractivity contribution in [2.45, 2.75) is 26.3 Å². The van der Waals surface area contributed by atoms with Gasteiger partial charge in [0.25, 0.3) is 0 Å². The molecule has 0 bridgehead atoms. The Morgan fingerprint density at radius 1 is 1.29 bits per heavy atom. The van der Waals surface area contributed by atoms with E-state index in [1.54, 1.807) is 6.07 Å². The van der Waals surface area contributed by atoms with Crippen LogP contribution in [0, 0.1) is 6.92 Å². The maximum absolute atomic E-state index is 12.1. The molecule has 0 aliphatic heterocycles. The lowest BCUT2D eigenvalue weighted by Gasteiger charge is -2.16. The van der Waals surface area contributed by atoms with Crippen molar-refractivity contribution in [2.75, 3.05) is 5.32 Å². The molecule has 2 amide bonds. The van der Waals surface area contributed by atoms with Crippen LogP contribution in [0.4, 0.5) is 5.82 Å². The highest BCUT2D eigenvalue weighted by Crippen LogP contribution is 2.22. The number of thiophene rings is 1. The SMILES string of the molecule is CC(=O)N[C@@H](CC(=O)Nc1cccc(C)n1)c1cccs1. The Labute approximate surface area is 127 Å². The van der Waals surface area contributed by atoms with Crippen LogP contribution < -0.4 is 10.6 Å². The molecular formula is C15H17N3O2S. The number of amides is 2. The first kappa shape index (κ1) is 15.2. The fourth-order valence-corrected chi connectivity index (χ4v) is 2.73. The van der Waals surface area contributed by atoms with E-state index in [2.05, 4.69) is 15.6 Å². The molecule has 6 heteroatoms. The van der Waals surface area contributed by atoms with E-state index in [1.807, 2.05) is 36.6 Å². The summed E-state index contributed by atoms with van der Waals surface area (Å²) in [5.74, 6) is 0.183. The largest absolute Gasteiger partial charge is 0.348 e. The van der Waals surface area contributed by atoms with E-state index < -0.39 is 0 Å². The van der Waals surface area contributed by atoms with Crippen LogP contribution in [0.1, 0.15) is 30.0 Å². The van der Waals surface area contributed by atoms with E-state index in [1.165, 1.54) is 18.3 Å². The number of rotatable bonds is 5. The number of anilines is 1. The molecule has 0 aliphatic carbocycles. The van der Waals surface area contributed by atoms with Gasteiger partial charge in [-0.05, 0) is 30.5 Å². The van der Waals surface area contributed by atoms with Crippen molar-refractivity contribution in [3.63, 3.8) is 0 Å². The molecule has 2 N–H and O–H groups in total. The van der Waals surface area contributed by atoms with Crippen molar-refractivity contribution in [2.24, 2.45) is 0 Å². The Kier molecular flexibility index (Phi) is 5.05. The van der Waals surface area contributed by atoms with Gasteiger partial charge in [-0.25, -0.2) is 4.98 Å². The third kappa shape index (κ3) is 4.68. The second-order valence-corrected chi connectivity index (χ2v) is 5.66. The molecule has 110 valence electrons. The van der Waals surface area contributed by atoms with Gasteiger partial charge in [-0.3, -0.25) is 9.59 Å². The van der Waals surface area contributed by atoms with Gasteiger partial charge in [0.15, 0.2) is 0 Å². The number of pyridine rings is 1. The van der Waals surface area contributed by atoms with Crippen molar-refractivity contribution < 1.29 is 9.59 Å². The first-order valence-electron chi connectivity index (χ1n) is 6.58. The van der Waals surface area contributed by atoms with Crippen LogP contribution in [-0.4, -0.2) is 16.8 Å². The second-order valence-electron chi connectivity index (χ2n) is 4.69. The summed E-state index contributed by atoms with van der Waals surface area (Å²) in [6.07, 6.45) is 0.176. The summed E-state index contributed by atoms with van der Waals surface area (Å²) in [5, 5.41) is 7.47. The molecule has 0 spiro atoms.